The number of amides is 2. The number of H-pyrrole nitrogens is 2. The summed E-state index contributed by atoms with van der Waals surface area (Å²) in [7, 11) is 1.87. The molecule has 3 heterocycles. The number of likely N-dealkylation sites (tertiary alicyclic amines) is 1. The summed E-state index contributed by atoms with van der Waals surface area (Å²) in [6.07, 6.45) is 6.23. The summed E-state index contributed by atoms with van der Waals surface area (Å²) in [6.45, 7) is 5.25. The standard InChI is InChI=1S/C19H26N4O2/c1-13-16(6-9-20-13)18(24)22(3)15-5-4-11-23(12-8-15)19(25)17-7-10-21-14(17)2/h6-7,9-10,15,20-21H,4-5,8,11-12H2,1-3H3/t15-/m0/s1. The first kappa shape index (κ1) is 17.3. The first-order valence-electron chi connectivity index (χ1n) is 8.83. The molecule has 0 saturated carbocycles. The van der Waals surface area contributed by atoms with Gasteiger partial charge in [0.25, 0.3) is 11.8 Å². The lowest BCUT2D eigenvalue weighted by atomic mass is 10.1. The highest BCUT2D eigenvalue weighted by Crippen LogP contribution is 2.20. The lowest BCUT2D eigenvalue weighted by molar-refractivity contribution is 0.0709. The van der Waals surface area contributed by atoms with Crippen molar-refractivity contribution in [3.63, 3.8) is 0 Å². The molecule has 0 aliphatic carbocycles. The van der Waals surface area contributed by atoms with Crippen LogP contribution in [-0.4, -0.2) is 57.8 Å². The number of nitrogens with zero attached hydrogens (tertiary/aromatic N) is 2. The second-order valence-electron chi connectivity index (χ2n) is 6.83. The molecule has 1 aliphatic rings. The van der Waals surface area contributed by atoms with Gasteiger partial charge in [0.2, 0.25) is 0 Å². The van der Waals surface area contributed by atoms with Crippen molar-refractivity contribution in [1.29, 1.82) is 0 Å². The third kappa shape index (κ3) is 3.48. The maximum absolute atomic E-state index is 12.7. The van der Waals surface area contributed by atoms with Crippen molar-refractivity contribution in [2.75, 3.05) is 20.1 Å². The normalized spacial score (nSPS) is 18.0. The number of aromatic amines is 2. The molecular weight excluding hydrogens is 316 g/mol. The highest BCUT2D eigenvalue weighted by atomic mass is 16.2. The molecule has 1 saturated heterocycles. The largest absolute Gasteiger partial charge is 0.365 e. The van der Waals surface area contributed by atoms with E-state index in [9.17, 15) is 9.59 Å². The summed E-state index contributed by atoms with van der Waals surface area (Å²) in [5.41, 5.74) is 3.26. The van der Waals surface area contributed by atoms with Crippen LogP contribution in [0.3, 0.4) is 0 Å². The number of hydrogen-bond acceptors (Lipinski definition) is 2. The van der Waals surface area contributed by atoms with Crippen molar-refractivity contribution < 1.29 is 9.59 Å². The zero-order valence-electron chi connectivity index (χ0n) is 15.1. The molecule has 1 atom stereocenters. The highest BCUT2D eigenvalue weighted by Gasteiger charge is 2.27. The monoisotopic (exact) mass is 342 g/mol. The summed E-state index contributed by atoms with van der Waals surface area (Å²) < 4.78 is 0. The Morgan fingerprint density at radius 2 is 1.68 bits per heavy atom. The van der Waals surface area contributed by atoms with Gasteiger partial charge in [-0.1, -0.05) is 0 Å². The van der Waals surface area contributed by atoms with Crippen molar-refractivity contribution in [2.24, 2.45) is 0 Å². The Morgan fingerprint density at radius 3 is 2.28 bits per heavy atom. The minimum absolute atomic E-state index is 0.0463. The van der Waals surface area contributed by atoms with Gasteiger partial charge in [0, 0.05) is 50.0 Å². The number of rotatable bonds is 3. The molecule has 6 nitrogen and oxygen atoms in total. The van der Waals surface area contributed by atoms with Gasteiger partial charge in [-0.3, -0.25) is 9.59 Å². The lowest BCUT2D eigenvalue weighted by Crippen LogP contribution is -2.38. The molecule has 2 amide bonds. The van der Waals surface area contributed by atoms with Crippen molar-refractivity contribution in [3.05, 3.63) is 47.0 Å². The average molecular weight is 342 g/mol. The summed E-state index contributed by atoms with van der Waals surface area (Å²) in [5, 5.41) is 0. The van der Waals surface area contributed by atoms with Crippen LogP contribution in [-0.2, 0) is 0 Å². The number of aromatic nitrogens is 2. The van der Waals surface area contributed by atoms with Crippen LogP contribution in [0.25, 0.3) is 0 Å². The second kappa shape index (κ2) is 7.17. The van der Waals surface area contributed by atoms with Crippen LogP contribution >= 0.6 is 0 Å². The van der Waals surface area contributed by atoms with Gasteiger partial charge in [-0.2, -0.15) is 0 Å². The summed E-state index contributed by atoms with van der Waals surface area (Å²) in [6, 6.07) is 3.83. The third-order valence-corrected chi connectivity index (χ3v) is 5.22. The second-order valence-corrected chi connectivity index (χ2v) is 6.83. The molecule has 0 radical (unpaired) electrons. The van der Waals surface area contributed by atoms with Crippen LogP contribution in [0.5, 0.6) is 0 Å². The zero-order chi connectivity index (χ0) is 18.0. The van der Waals surface area contributed by atoms with E-state index in [2.05, 4.69) is 9.97 Å². The molecule has 2 N–H and O–H groups in total. The van der Waals surface area contributed by atoms with Gasteiger partial charge in [0.15, 0.2) is 0 Å². The van der Waals surface area contributed by atoms with E-state index in [1.54, 1.807) is 12.4 Å². The van der Waals surface area contributed by atoms with Crippen LogP contribution in [0, 0.1) is 13.8 Å². The molecule has 0 unspecified atom stereocenters. The Balaban J connectivity index is 1.65. The molecule has 6 heteroatoms. The number of carbonyl (C=O) groups is 2. The number of carbonyl (C=O) groups excluding carboxylic acids is 2. The van der Waals surface area contributed by atoms with Gasteiger partial charge >= 0.3 is 0 Å². The van der Waals surface area contributed by atoms with Crippen molar-refractivity contribution in [1.82, 2.24) is 19.8 Å². The van der Waals surface area contributed by atoms with Gasteiger partial charge in [0.1, 0.15) is 0 Å². The van der Waals surface area contributed by atoms with Crippen LogP contribution in [0.1, 0.15) is 51.4 Å². The summed E-state index contributed by atoms with van der Waals surface area (Å²) in [5.74, 6) is 0.125. The fourth-order valence-electron chi connectivity index (χ4n) is 3.56. The lowest BCUT2D eigenvalue weighted by Gasteiger charge is -2.27. The van der Waals surface area contributed by atoms with E-state index >= 15 is 0 Å². The van der Waals surface area contributed by atoms with Crippen molar-refractivity contribution in [2.45, 2.75) is 39.2 Å². The van der Waals surface area contributed by atoms with E-state index in [1.165, 1.54) is 0 Å². The Labute approximate surface area is 148 Å². The van der Waals surface area contributed by atoms with Crippen molar-refractivity contribution in [3.8, 4) is 0 Å². The predicted molar refractivity (Wildman–Crippen MR) is 96.7 cm³/mol. The molecule has 1 fully saturated rings. The van der Waals surface area contributed by atoms with Crippen LogP contribution in [0.15, 0.2) is 24.5 Å². The quantitative estimate of drug-likeness (QED) is 0.900. The summed E-state index contributed by atoms with van der Waals surface area (Å²) >= 11 is 0. The molecule has 25 heavy (non-hydrogen) atoms. The van der Waals surface area contributed by atoms with Gasteiger partial charge in [0.05, 0.1) is 11.1 Å². The van der Waals surface area contributed by atoms with E-state index in [4.69, 9.17) is 0 Å². The number of nitrogens with one attached hydrogen (secondary N) is 2. The van der Waals surface area contributed by atoms with Crippen LogP contribution in [0.2, 0.25) is 0 Å². The topological polar surface area (TPSA) is 72.2 Å². The molecule has 3 rings (SSSR count). The fourth-order valence-corrected chi connectivity index (χ4v) is 3.56. The maximum atomic E-state index is 12.7. The average Bonchev–Trinajstić information content (AvgIpc) is 3.13. The zero-order valence-corrected chi connectivity index (χ0v) is 15.1. The molecule has 0 aromatic carbocycles. The molecule has 0 bridgehead atoms. The first-order chi connectivity index (χ1) is 12.0. The highest BCUT2D eigenvalue weighted by molar-refractivity contribution is 5.96. The number of aryl methyl sites for hydroxylation is 2. The molecular formula is C19H26N4O2. The molecule has 2 aromatic heterocycles. The Kier molecular flexibility index (Phi) is 4.97. The molecule has 1 aliphatic heterocycles. The molecule has 134 valence electrons. The Morgan fingerprint density at radius 1 is 1.04 bits per heavy atom. The smallest absolute Gasteiger partial charge is 0.255 e. The van der Waals surface area contributed by atoms with E-state index in [0.717, 1.165) is 48.3 Å². The minimum Gasteiger partial charge on any atom is -0.365 e. The van der Waals surface area contributed by atoms with Crippen LogP contribution < -0.4 is 0 Å². The van der Waals surface area contributed by atoms with E-state index in [0.29, 0.717) is 6.54 Å². The Bertz CT molecular complexity index is 761. The number of hydrogen-bond donors (Lipinski definition) is 2. The van der Waals surface area contributed by atoms with Gasteiger partial charge in [-0.15, -0.1) is 0 Å². The van der Waals surface area contributed by atoms with Crippen LogP contribution in [0.4, 0.5) is 0 Å². The SMILES string of the molecule is Cc1[nH]ccc1C(=O)N1CCC[C@H](N(C)C(=O)c2cc[nH]c2C)CC1. The van der Waals surface area contributed by atoms with E-state index in [1.807, 2.05) is 42.8 Å². The molecule has 0 spiro atoms. The first-order valence-corrected chi connectivity index (χ1v) is 8.83. The summed E-state index contributed by atoms with van der Waals surface area (Å²) in [4.78, 5) is 35.3. The van der Waals surface area contributed by atoms with E-state index < -0.39 is 0 Å². The van der Waals surface area contributed by atoms with Gasteiger partial charge < -0.3 is 19.8 Å². The van der Waals surface area contributed by atoms with Gasteiger partial charge in [-0.05, 0) is 45.2 Å². The van der Waals surface area contributed by atoms with E-state index in [-0.39, 0.29) is 17.9 Å². The minimum atomic E-state index is 0.0463. The predicted octanol–water partition coefficient (Wildman–Crippen LogP) is 2.73. The van der Waals surface area contributed by atoms with Gasteiger partial charge in [-0.25, -0.2) is 0 Å². The maximum Gasteiger partial charge on any atom is 0.255 e. The molecule has 2 aromatic rings. The fraction of sp³-hybridized carbons (Fsp3) is 0.474. The Hall–Kier alpha value is -2.50. The third-order valence-electron chi connectivity index (χ3n) is 5.22. The van der Waals surface area contributed by atoms with Crippen molar-refractivity contribution >= 4 is 11.8 Å².